The van der Waals surface area contributed by atoms with Gasteiger partial charge in [0.05, 0.1) is 18.2 Å². The van der Waals surface area contributed by atoms with E-state index in [0.717, 1.165) is 19.7 Å². The fourth-order valence-corrected chi connectivity index (χ4v) is 1.65. The zero-order chi connectivity index (χ0) is 12.7. The predicted molar refractivity (Wildman–Crippen MR) is 68.6 cm³/mol. The summed E-state index contributed by atoms with van der Waals surface area (Å²) in [4.78, 5) is 2.35. The van der Waals surface area contributed by atoms with Gasteiger partial charge in [0, 0.05) is 26.2 Å². The van der Waals surface area contributed by atoms with E-state index in [1.54, 1.807) is 7.11 Å². The van der Waals surface area contributed by atoms with Gasteiger partial charge < -0.3 is 4.74 Å². The van der Waals surface area contributed by atoms with E-state index in [9.17, 15) is 0 Å². The van der Waals surface area contributed by atoms with E-state index < -0.39 is 0 Å². The molecule has 0 spiro atoms. The van der Waals surface area contributed by atoms with Crippen molar-refractivity contribution in [2.24, 2.45) is 0 Å². The monoisotopic (exact) mass is 232 g/mol. The van der Waals surface area contributed by atoms with Gasteiger partial charge in [-0.2, -0.15) is 5.26 Å². The van der Waals surface area contributed by atoms with Crippen molar-refractivity contribution in [1.82, 2.24) is 4.90 Å². The maximum absolute atomic E-state index is 8.74. The molecule has 0 aliphatic carbocycles. The van der Waals surface area contributed by atoms with E-state index in [2.05, 4.69) is 24.8 Å². The van der Waals surface area contributed by atoms with Crippen LogP contribution in [0.1, 0.15) is 25.0 Å². The van der Waals surface area contributed by atoms with E-state index in [-0.39, 0.29) is 0 Å². The Kier molecular flexibility index (Phi) is 5.68. The molecule has 0 N–H and O–H groups in total. The number of rotatable bonds is 6. The van der Waals surface area contributed by atoms with Gasteiger partial charge in [-0.05, 0) is 31.5 Å². The Labute approximate surface area is 104 Å². The molecule has 3 nitrogen and oxygen atoms in total. The summed E-state index contributed by atoms with van der Waals surface area (Å²) in [5, 5.41) is 8.74. The van der Waals surface area contributed by atoms with Crippen LogP contribution in [0.2, 0.25) is 0 Å². The second kappa shape index (κ2) is 7.05. The van der Waals surface area contributed by atoms with Crippen LogP contribution in [0.3, 0.4) is 0 Å². The summed E-state index contributed by atoms with van der Waals surface area (Å²) in [5.74, 6) is 0. The second-order valence-electron chi connectivity index (χ2n) is 4.37. The molecule has 0 radical (unpaired) electrons. The highest BCUT2D eigenvalue weighted by Gasteiger charge is 2.09. The van der Waals surface area contributed by atoms with Crippen LogP contribution < -0.4 is 0 Å². The molecule has 0 aromatic heterocycles. The number of ether oxygens (including phenoxy) is 1. The molecule has 0 saturated heterocycles. The molecular formula is C14H20N2O. The molecule has 92 valence electrons. The molecule has 0 fully saturated rings. The fraction of sp³-hybridized carbons (Fsp3) is 0.500. The van der Waals surface area contributed by atoms with Crippen molar-refractivity contribution in [3.63, 3.8) is 0 Å². The van der Waals surface area contributed by atoms with Crippen molar-refractivity contribution < 1.29 is 4.74 Å². The molecule has 17 heavy (non-hydrogen) atoms. The van der Waals surface area contributed by atoms with Crippen molar-refractivity contribution in [2.75, 3.05) is 20.3 Å². The molecule has 0 aliphatic rings. The lowest BCUT2D eigenvalue weighted by Gasteiger charge is -2.26. The standard InChI is InChI=1S/C14H20N2O/c1-12(2)16(8-9-17-3)11-14-6-4-13(10-15)5-7-14/h4-7,12H,8-9,11H2,1-3H3. The smallest absolute Gasteiger partial charge is 0.0991 e. The van der Waals surface area contributed by atoms with Gasteiger partial charge >= 0.3 is 0 Å². The summed E-state index contributed by atoms with van der Waals surface area (Å²) in [6.45, 7) is 6.92. The Bertz CT molecular complexity index is 365. The number of benzene rings is 1. The molecular weight excluding hydrogens is 212 g/mol. The summed E-state index contributed by atoms with van der Waals surface area (Å²) in [6.07, 6.45) is 0. The molecule has 0 atom stereocenters. The first-order valence-corrected chi connectivity index (χ1v) is 5.89. The molecule has 1 rings (SSSR count). The first-order valence-electron chi connectivity index (χ1n) is 5.89. The summed E-state index contributed by atoms with van der Waals surface area (Å²) in [5.41, 5.74) is 1.94. The summed E-state index contributed by atoms with van der Waals surface area (Å²) < 4.78 is 5.11. The van der Waals surface area contributed by atoms with Crippen LogP contribution >= 0.6 is 0 Å². The third kappa shape index (κ3) is 4.56. The van der Waals surface area contributed by atoms with Crippen molar-refractivity contribution in [1.29, 1.82) is 5.26 Å². The SMILES string of the molecule is COCCN(Cc1ccc(C#N)cc1)C(C)C. The Morgan fingerprint density at radius 2 is 1.94 bits per heavy atom. The molecule has 0 bridgehead atoms. The number of methoxy groups -OCH3 is 1. The van der Waals surface area contributed by atoms with E-state index in [1.165, 1.54) is 5.56 Å². The molecule has 0 aliphatic heterocycles. The minimum Gasteiger partial charge on any atom is -0.383 e. The summed E-state index contributed by atoms with van der Waals surface area (Å²) in [7, 11) is 1.72. The van der Waals surface area contributed by atoms with Gasteiger partial charge in [0.25, 0.3) is 0 Å². The van der Waals surface area contributed by atoms with Crippen molar-refractivity contribution in [2.45, 2.75) is 26.4 Å². The van der Waals surface area contributed by atoms with Crippen molar-refractivity contribution >= 4 is 0 Å². The average Bonchev–Trinajstić information content (AvgIpc) is 2.35. The van der Waals surface area contributed by atoms with E-state index >= 15 is 0 Å². The molecule has 0 saturated carbocycles. The largest absolute Gasteiger partial charge is 0.383 e. The average molecular weight is 232 g/mol. The normalized spacial score (nSPS) is 10.8. The van der Waals surface area contributed by atoms with Crippen LogP contribution in [-0.2, 0) is 11.3 Å². The van der Waals surface area contributed by atoms with Crippen LogP contribution in [0.5, 0.6) is 0 Å². The van der Waals surface area contributed by atoms with Crippen LogP contribution in [0.4, 0.5) is 0 Å². The van der Waals surface area contributed by atoms with E-state index in [0.29, 0.717) is 11.6 Å². The molecule has 1 aromatic carbocycles. The minimum atomic E-state index is 0.487. The quantitative estimate of drug-likeness (QED) is 0.755. The Hall–Kier alpha value is -1.37. The lowest BCUT2D eigenvalue weighted by Crippen LogP contribution is -2.33. The number of nitriles is 1. The number of hydrogen-bond acceptors (Lipinski definition) is 3. The topological polar surface area (TPSA) is 36.3 Å². The van der Waals surface area contributed by atoms with Gasteiger partial charge in [0.1, 0.15) is 0 Å². The lowest BCUT2D eigenvalue weighted by molar-refractivity contribution is 0.125. The zero-order valence-corrected chi connectivity index (χ0v) is 10.8. The van der Waals surface area contributed by atoms with Crippen molar-refractivity contribution in [3.8, 4) is 6.07 Å². The third-order valence-electron chi connectivity index (χ3n) is 2.78. The molecule has 0 unspecified atom stereocenters. The van der Waals surface area contributed by atoms with Gasteiger partial charge in [-0.3, -0.25) is 4.90 Å². The molecule has 3 heteroatoms. The molecule has 1 aromatic rings. The minimum absolute atomic E-state index is 0.487. The molecule has 0 amide bonds. The first-order chi connectivity index (χ1) is 8.17. The van der Waals surface area contributed by atoms with Gasteiger partial charge in [-0.25, -0.2) is 0 Å². The highest BCUT2D eigenvalue weighted by Crippen LogP contribution is 2.09. The second-order valence-corrected chi connectivity index (χ2v) is 4.37. The van der Waals surface area contributed by atoms with Gasteiger partial charge in [-0.15, -0.1) is 0 Å². The number of nitrogens with zero attached hydrogens (tertiary/aromatic N) is 2. The summed E-state index contributed by atoms with van der Waals surface area (Å²) >= 11 is 0. The highest BCUT2D eigenvalue weighted by molar-refractivity contribution is 5.31. The predicted octanol–water partition coefficient (Wildman–Crippen LogP) is 2.42. The first kappa shape index (κ1) is 13.7. The number of hydrogen-bond donors (Lipinski definition) is 0. The Morgan fingerprint density at radius 3 is 2.41 bits per heavy atom. The molecule has 0 heterocycles. The maximum Gasteiger partial charge on any atom is 0.0991 e. The van der Waals surface area contributed by atoms with Crippen LogP contribution in [0.25, 0.3) is 0 Å². The van der Waals surface area contributed by atoms with E-state index in [4.69, 9.17) is 10.00 Å². The highest BCUT2D eigenvalue weighted by atomic mass is 16.5. The Balaban J connectivity index is 2.62. The summed E-state index contributed by atoms with van der Waals surface area (Å²) in [6, 6.07) is 10.4. The van der Waals surface area contributed by atoms with Crippen LogP contribution in [0, 0.1) is 11.3 Å². The van der Waals surface area contributed by atoms with Crippen LogP contribution in [0.15, 0.2) is 24.3 Å². The van der Waals surface area contributed by atoms with Crippen molar-refractivity contribution in [3.05, 3.63) is 35.4 Å². The van der Waals surface area contributed by atoms with Gasteiger partial charge in [0.15, 0.2) is 0 Å². The zero-order valence-electron chi connectivity index (χ0n) is 10.8. The third-order valence-corrected chi connectivity index (χ3v) is 2.78. The van der Waals surface area contributed by atoms with Gasteiger partial charge in [0.2, 0.25) is 0 Å². The lowest BCUT2D eigenvalue weighted by atomic mass is 10.1. The van der Waals surface area contributed by atoms with Gasteiger partial charge in [-0.1, -0.05) is 12.1 Å². The van der Waals surface area contributed by atoms with Crippen LogP contribution in [-0.4, -0.2) is 31.2 Å². The van der Waals surface area contributed by atoms with E-state index in [1.807, 2.05) is 24.3 Å². The fourth-order valence-electron chi connectivity index (χ4n) is 1.65. The maximum atomic E-state index is 8.74. The Morgan fingerprint density at radius 1 is 1.29 bits per heavy atom.